The first-order chi connectivity index (χ1) is 7.27. The van der Waals surface area contributed by atoms with Gasteiger partial charge in [0.2, 0.25) is 0 Å². The highest BCUT2D eigenvalue weighted by Gasteiger charge is 2.20. The van der Waals surface area contributed by atoms with Crippen LogP contribution >= 0.6 is 0 Å². The third-order valence-electron chi connectivity index (χ3n) is 1.79. The summed E-state index contributed by atoms with van der Waals surface area (Å²) in [4.78, 5) is 5.14. The maximum atomic E-state index is 12.6. The molecule has 0 saturated carbocycles. The molecule has 0 amide bonds. The van der Waals surface area contributed by atoms with E-state index in [9.17, 15) is 21.7 Å². The summed E-state index contributed by atoms with van der Waals surface area (Å²) in [5.41, 5.74) is 1.86. The second-order valence-corrected chi connectivity index (χ2v) is 3.04. The van der Waals surface area contributed by atoms with Crippen molar-refractivity contribution in [3.8, 4) is 0 Å². The van der Waals surface area contributed by atoms with Crippen molar-refractivity contribution in [2.75, 3.05) is 12.1 Å². The van der Waals surface area contributed by atoms with E-state index in [-0.39, 0.29) is 5.82 Å². The highest BCUT2D eigenvalue weighted by molar-refractivity contribution is 6.50. The average molecular weight is 240 g/mol. The molecule has 0 fully saturated rings. The second-order valence-electron chi connectivity index (χ2n) is 3.04. The minimum atomic E-state index is -6.00. The Morgan fingerprint density at radius 1 is 1.25 bits per heavy atom. The number of hydrogen-bond donors (Lipinski definition) is 0. The smallest absolute Gasteiger partial charge is 0.418 e. The van der Waals surface area contributed by atoms with E-state index in [1.807, 2.05) is 7.05 Å². The van der Waals surface area contributed by atoms with Crippen LogP contribution in [0, 0.1) is 5.82 Å². The van der Waals surface area contributed by atoms with Gasteiger partial charge in [-0.25, -0.2) is 4.39 Å². The zero-order chi connectivity index (χ0) is 12.3. The molecule has 0 atom stereocenters. The molecule has 1 aliphatic rings. The molecule has 1 heterocycles. The summed E-state index contributed by atoms with van der Waals surface area (Å²) in [6, 6.07) is 4.65. The average Bonchev–Trinajstić information content (AvgIpc) is 2.44. The van der Waals surface area contributed by atoms with E-state index in [1.165, 1.54) is 12.1 Å². The summed E-state index contributed by atoms with van der Waals surface area (Å²) in [5, 5.41) is 1.65. The maximum absolute atomic E-state index is 12.6. The highest BCUT2D eigenvalue weighted by atomic mass is 19.5. The number of benzene rings is 1. The number of fused-ring (bicyclic) bond motifs is 1. The number of hydroxylamine groups is 1. The van der Waals surface area contributed by atoms with Gasteiger partial charge in [0.05, 0.1) is 5.69 Å². The second kappa shape index (κ2) is 4.69. The van der Waals surface area contributed by atoms with Gasteiger partial charge in [0.15, 0.2) is 0 Å². The number of hydrogen-bond acceptors (Lipinski definition) is 2. The van der Waals surface area contributed by atoms with E-state index >= 15 is 0 Å². The Labute approximate surface area is 88.7 Å². The van der Waals surface area contributed by atoms with Crippen LogP contribution in [0.25, 0.3) is 0 Å². The highest BCUT2D eigenvalue weighted by Crippen LogP contribution is 2.27. The summed E-state index contributed by atoms with van der Waals surface area (Å²) < 4.78 is 51.6. The minimum Gasteiger partial charge on any atom is -0.418 e. The molecule has 2 nitrogen and oxygen atoms in total. The lowest BCUT2D eigenvalue weighted by Gasteiger charge is -2.08. The molecule has 0 aromatic heterocycles. The monoisotopic (exact) mass is 240 g/mol. The summed E-state index contributed by atoms with van der Waals surface area (Å²) >= 11 is 0. The van der Waals surface area contributed by atoms with Crippen molar-refractivity contribution in [1.82, 2.24) is 0 Å². The van der Waals surface area contributed by atoms with Gasteiger partial charge in [-0.2, -0.15) is 0 Å². The van der Waals surface area contributed by atoms with Crippen molar-refractivity contribution in [3.63, 3.8) is 0 Å². The zero-order valence-corrected chi connectivity index (χ0v) is 8.26. The first kappa shape index (κ1) is 12.8. The van der Waals surface area contributed by atoms with Crippen LogP contribution in [-0.4, -0.2) is 14.3 Å². The molecule has 0 bridgehead atoms. The molecular formula is C8H8BF5NO-. The van der Waals surface area contributed by atoms with Crippen LogP contribution in [0.15, 0.2) is 18.2 Å². The van der Waals surface area contributed by atoms with Gasteiger partial charge >= 0.3 is 7.25 Å². The van der Waals surface area contributed by atoms with Gasteiger partial charge in [0.1, 0.15) is 12.4 Å². The van der Waals surface area contributed by atoms with E-state index in [1.54, 1.807) is 11.1 Å². The van der Waals surface area contributed by atoms with Crippen molar-refractivity contribution in [1.29, 1.82) is 0 Å². The molecule has 1 aromatic rings. The van der Waals surface area contributed by atoms with E-state index in [4.69, 9.17) is 4.84 Å². The number of rotatable bonds is 0. The van der Waals surface area contributed by atoms with Crippen LogP contribution in [0.2, 0.25) is 0 Å². The SMILES string of the molecule is CN1OCc2cc(F)ccc21.F[B-](F)(F)F. The van der Waals surface area contributed by atoms with E-state index in [0.29, 0.717) is 6.61 Å². The molecule has 1 aromatic carbocycles. The first-order valence-electron chi connectivity index (χ1n) is 4.30. The van der Waals surface area contributed by atoms with E-state index in [0.717, 1.165) is 11.3 Å². The van der Waals surface area contributed by atoms with Gasteiger partial charge in [-0.15, -0.1) is 0 Å². The summed E-state index contributed by atoms with van der Waals surface area (Å²) in [6.07, 6.45) is 0. The van der Waals surface area contributed by atoms with Gasteiger partial charge in [0, 0.05) is 12.6 Å². The quantitative estimate of drug-likeness (QED) is 0.510. The van der Waals surface area contributed by atoms with Gasteiger partial charge in [-0.3, -0.25) is 9.90 Å². The van der Waals surface area contributed by atoms with Crippen molar-refractivity contribution in [2.24, 2.45) is 0 Å². The fraction of sp³-hybridized carbons (Fsp3) is 0.250. The largest absolute Gasteiger partial charge is 0.673 e. The summed E-state index contributed by atoms with van der Waals surface area (Å²) in [7, 11) is -4.19. The Balaban J connectivity index is 0.000000221. The van der Waals surface area contributed by atoms with Crippen molar-refractivity contribution in [2.45, 2.75) is 6.61 Å². The lowest BCUT2D eigenvalue weighted by atomic mass is 10.2. The lowest BCUT2D eigenvalue weighted by molar-refractivity contribution is 0.131. The Morgan fingerprint density at radius 3 is 2.38 bits per heavy atom. The fourth-order valence-electron chi connectivity index (χ4n) is 1.21. The molecule has 0 N–H and O–H groups in total. The van der Waals surface area contributed by atoms with Crippen molar-refractivity contribution < 1.29 is 26.5 Å². The van der Waals surface area contributed by atoms with Crippen molar-refractivity contribution >= 4 is 12.9 Å². The molecule has 2 rings (SSSR count). The Hall–Kier alpha value is -1.31. The van der Waals surface area contributed by atoms with Crippen LogP contribution in [-0.2, 0) is 11.4 Å². The number of anilines is 1. The predicted octanol–water partition coefficient (Wildman–Crippen LogP) is 3.01. The standard InChI is InChI=1S/C8H8FNO.BF4/c1-10-8-3-2-7(9)4-6(8)5-11-10;2-1(3,4)5/h2-4H,5H2,1H3;/q;-1. The normalized spacial score (nSPS) is 14.2. The van der Waals surface area contributed by atoms with Crippen LogP contribution in [0.4, 0.5) is 27.3 Å². The third kappa shape index (κ3) is 4.05. The Morgan fingerprint density at radius 2 is 1.81 bits per heavy atom. The number of nitrogens with zero attached hydrogens (tertiary/aromatic N) is 1. The fourth-order valence-corrected chi connectivity index (χ4v) is 1.21. The van der Waals surface area contributed by atoms with Gasteiger partial charge in [-0.1, -0.05) is 0 Å². The Kier molecular flexibility index (Phi) is 3.74. The third-order valence-corrected chi connectivity index (χ3v) is 1.79. The molecule has 0 aliphatic carbocycles. The molecule has 0 radical (unpaired) electrons. The lowest BCUT2D eigenvalue weighted by Crippen LogP contribution is -2.09. The van der Waals surface area contributed by atoms with E-state index in [2.05, 4.69) is 0 Å². The predicted molar refractivity (Wildman–Crippen MR) is 49.8 cm³/mol. The van der Waals surface area contributed by atoms with Crippen LogP contribution < -0.4 is 5.06 Å². The maximum Gasteiger partial charge on any atom is 0.673 e. The van der Waals surface area contributed by atoms with E-state index < -0.39 is 7.25 Å². The minimum absolute atomic E-state index is 0.206. The van der Waals surface area contributed by atoms with Crippen LogP contribution in [0.3, 0.4) is 0 Å². The van der Waals surface area contributed by atoms with Gasteiger partial charge < -0.3 is 17.3 Å². The molecule has 8 heteroatoms. The Bertz CT molecular complexity index is 364. The van der Waals surface area contributed by atoms with Crippen LogP contribution in [0.1, 0.15) is 5.56 Å². The molecule has 16 heavy (non-hydrogen) atoms. The molecule has 0 unspecified atom stereocenters. The molecule has 0 saturated heterocycles. The summed E-state index contributed by atoms with van der Waals surface area (Å²) in [5.74, 6) is -0.206. The van der Waals surface area contributed by atoms with Gasteiger partial charge in [-0.05, 0) is 18.2 Å². The van der Waals surface area contributed by atoms with Crippen molar-refractivity contribution in [3.05, 3.63) is 29.6 Å². The molecule has 90 valence electrons. The number of halogens is 5. The summed E-state index contributed by atoms with van der Waals surface area (Å²) in [6.45, 7) is 0.476. The first-order valence-corrected chi connectivity index (χ1v) is 4.30. The molecular weight excluding hydrogens is 232 g/mol. The molecule has 0 spiro atoms. The molecule has 1 aliphatic heterocycles. The zero-order valence-electron chi connectivity index (χ0n) is 8.26. The topological polar surface area (TPSA) is 12.5 Å². The van der Waals surface area contributed by atoms with Crippen LogP contribution in [0.5, 0.6) is 0 Å². The van der Waals surface area contributed by atoms with Gasteiger partial charge in [0.25, 0.3) is 0 Å².